The van der Waals surface area contributed by atoms with E-state index in [-0.39, 0.29) is 0 Å². The molecule has 0 saturated carbocycles. The normalized spacial score (nSPS) is 10.8. The first-order chi connectivity index (χ1) is 5.52. The molecule has 0 nitrogen and oxygen atoms in total. The fourth-order valence-electron chi connectivity index (χ4n) is 0.908. The highest BCUT2D eigenvalue weighted by molar-refractivity contribution is 6.48. The fraction of sp³-hybridized carbons (Fsp3) is 0.333. The third-order valence-electron chi connectivity index (χ3n) is 1.67. The summed E-state index contributed by atoms with van der Waals surface area (Å²) in [4.78, 5) is 0. The first-order valence-electron chi connectivity index (χ1n) is 3.67. The molecule has 0 bridgehead atoms. The van der Waals surface area contributed by atoms with Gasteiger partial charge in [-0.25, -0.2) is 0 Å². The van der Waals surface area contributed by atoms with Crippen molar-refractivity contribution in [1.29, 1.82) is 0 Å². The number of hydrogen-bond acceptors (Lipinski definition) is 0. The van der Waals surface area contributed by atoms with Crippen LogP contribution in [-0.4, -0.2) is 0 Å². The van der Waals surface area contributed by atoms with E-state index in [1.54, 1.807) is 0 Å². The molecule has 0 aliphatic rings. The van der Waals surface area contributed by atoms with Crippen molar-refractivity contribution in [3.8, 4) is 0 Å². The van der Waals surface area contributed by atoms with Crippen LogP contribution in [0.2, 0.25) is 15.1 Å². The molecule has 1 aromatic rings. The zero-order chi connectivity index (χ0) is 9.30. The highest BCUT2D eigenvalue weighted by atomic mass is 35.5. The van der Waals surface area contributed by atoms with Gasteiger partial charge in [0.05, 0.1) is 15.1 Å². The summed E-state index contributed by atoms with van der Waals surface area (Å²) in [5.41, 5.74) is 1.11. The van der Waals surface area contributed by atoms with Gasteiger partial charge in [0.2, 0.25) is 0 Å². The maximum Gasteiger partial charge on any atom is 0.0778 e. The van der Waals surface area contributed by atoms with Gasteiger partial charge in [-0.05, 0) is 23.6 Å². The first-order valence-corrected chi connectivity index (χ1v) is 4.80. The monoisotopic (exact) mass is 222 g/mol. The molecule has 0 heterocycles. The van der Waals surface area contributed by atoms with Gasteiger partial charge in [0.15, 0.2) is 0 Å². The minimum absolute atomic E-state index is 0.414. The van der Waals surface area contributed by atoms with E-state index in [1.165, 1.54) is 0 Å². The molecule has 66 valence electrons. The van der Waals surface area contributed by atoms with Crippen LogP contribution in [0, 0.1) is 0 Å². The molecule has 1 rings (SSSR count). The second kappa shape index (κ2) is 3.87. The Morgan fingerprint density at radius 3 is 1.75 bits per heavy atom. The van der Waals surface area contributed by atoms with Gasteiger partial charge in [-0.15, -0.1) is 0 Å². The van der Waals surface area contributed by atoms with Crippen LogP contribution in [0.1, 0.15) is 25.3 Å². The molecule has 0 aliphatic heterocycles. The molecular formula is C9H9Cl3. The molecule has 3 heteroatoms. The van der Waals surface area contributed by atoms with Gasteiger partial charge in [-0.1, -0.05) is 48.7 Å². The van der Waals surface area contributed by atoms with E-state index in [0.717, 1.165) is 5.56 Å². The average Bonchev–Trinajstić information content (AvgIpc) is 1.99. The topological polar surface area (TPSA) is 0 Å². The Labute approximate surface area is 87.4 Å². The Bertz CT molecular complexity index is 269. The van der Waals surface area contributed by atoms with E-state index in [9.17, 15) is 0 Å². The fourth-order valence-corrected chi connectivity index (χ4v) is 1.52. The maximum absolute atomic E-state index is 5.85. The number of hydrogen-bond donors (Lipinski definition) is 0. The second-order valence-corrected chi connectivity index (χ2v) is 4.15. The van der Waals surface area contributed by atoms with Crippen LogP contribution < -0.4 is 0 Å². The third kappa shape index (κ3) is 2.07. The largest absolute Gasteiger partial charge is 0.0826 e. The Kier molecular flexibility index (Phi) is 3.28. The third-order valence-corrected chi connectivity index (χ3v) is 2.87. The molecule has 0 unspecified atom stereocenters. The zero-order valence-corrected chi connectivity index (χ0v) is 9.13. The SMILES string of the molecule is CC(C)c1cc(Cl)c(Cl)c(Cl)c1. The van der Waals surface area contributed by atoms with Gasteiger partial charge in [0, 0.05) is 0 Å². The second-order valence-electron chi connectivity index (χ2n) is 2.95. The van der Waals surface area contributed by atoms with Crippen LogP contribution in [0.15, 0.2) is 12.1 Å². The van der Waals surface area contributed by atoms with Crippen LogP contribution in [0.3, 0.4) is 0 Å². The Morgan fingerprint density at radius 2 is 1.42 bits per heavy atom. The van der Waals surface area contributed by atoms with E-state index >= 15 is 0 Å². The van der Waals surface area contributed by atoms with Gasteiger partial charge < -0.3 is 0 Å². The smallest absolute Gasteiger partial charge is 0.0778 e. The van der Waals surface area contributed by atoms with E-state index < -0.39 is 0 Å². The summed E-state index contributed by atoms with van der Waals surface area (Å²) in [7, 11) is 0. The highest BCUT2D eigenvalue weighted by Gasteiger charge is 2.07. The Morgan fingerprint density at radius 1 is 1.00 bits per heavy atom. The van der Waals surface area contributed by atoms with E-state index in [1.807, 2.05) is 12.1 Å². The molecule has 0 N–H and O–H groups in total. The van der Waals surface area contributed by atoms with Crippen molar-refractivity contribution in [3.63, 3.8) is 0 Å². The molecule has 12 heavy (non-hydrogen) atoms. The molecule has 0 fully saturated rings. The lowest BCUT2D eigenvalue weighted by Crippen LogP contribution is -1.87. The Hall–Kier alpha value is 0.0900. The summed E-state index contributed by atoms with van der Waals surface area (Å²) in [6.45, 7) is 4.16. The predicted molar refractivity (Wildman–Crippen MR) is 55.6 cm³/mol. The van der Waals surface area contributed by atoms with Gasteiger partial charge >= 0.3 is 0 Å². The molecular weight excluding hydrogens is 214 g/mol. The molecule has 0 spiro atoms. The van der Waals surface area contributed by atoms with Crippen molar-refractivity contribution in [2.75, 3.05) is 0 Å². The lowest BCUT2D eigenvalue weighted by atomic mass is 10.0. The van der Waals surface area contributed by atoms with Crippen LogP contribution in [0.5, 0.6) is 0 Å². The van der Waals surface area contributed by atoms with Gasteiger partial charge in [0.25, 0.3) is 0 Å². The number of benzene rings is 1. The number of rotatable bonds is 1. The van der Waals surface area contributed by atoms with Gasteiger partial charge in [0.1, 0.15) is 0 Å². The standard InChI is InChI=1S/C9H9Cl3/c1-5(2)6-3-7(10)9(12)8(11)4-6/h3-5H,1-2H3. The van der Waals surface area contributed by atoms with Crippen molar-refractivity contribution in [3.05, 3.63) is 32.8 Å². The van der Waals surface area contributed by atoms with E-state index in [4.69, 9.17) is 34.8 Å². The summed E-state index contributed by atoms with van der Waals surface area (Å²) >= 11 is 17.5. The average molecular weight is 224 g/mol. The molecule has 0 saturated heterocycles. The lowest BCUT2D eigenvalue weighted by Gasteiger charge is -2.07. The van der Waals surface area contributed by atoms with Crippen molar-refractivity contribution < 1.29 is 0 Å². The predicted octanol–water partition coefficient (Wildman–Crippen LogP) is 4.77. The summed E-state index contributed by atoms with van der Waals surface area (Å²) in [5, 5.41) is 1.48. The molecule has 0 atom stereocenters. The molecule has 0 radical (unpaired) electrons. The lowest BCUT2D eigenvalue weighted by molar-refractivity contribution is 0.867. The number of halogens is 3. The molecule has 0 amide bonds. The van der Waals surface area contributed by atoms with Crippen LogP contribution in [0.4, 0.5) is 0 Å². The zero-order valence-electron chi connectivity index (χ0n) is 6.87. The van der Waals surface area contributed by atoms with E-state index in [0.29, 0.717) is 21.0 Å². The summed E-state index contributed by atoms with van der Waals surface area (Å²) in [6, 6.07) is 3.70. The highest BCUT2D eigenvalue weighted by Crippen LogP contribution is 2.33. The maximum atomic E-state index is 5.85. The van der Waals surface area contributed by atoms with Gasteiger partial charge in [-0.2, -0.15) is 0 Å². The van der Waals surface area contributed by atoms with Crippen LogP contribution in [-0.2, 0) is 0 Å². The van der Waals surface area contributed by atoms with E-state index in [2.05, 4.69) is 13.8 Å². The van der Waals surface area contributed by atoms with Crippen molar-refractivity contribution in [1.82, 2.24) is 0 Å². The quantitative estimate of drug-likeness (QED) is 0.602. The summed E-state index contributed by atoms with van der Waals surface area (Å²) < 4.78 is 0. The summed E-state index contributed by atoms with van der Waals surface area (Å²) in [5.74, 6) is 0.414. The van der Waals surface area contributed by atoms with Crippen LogP contribution >= 0.6 is 34.8 Å². The minimum atomic E-state index is 0.414. The minimum Gasteiger partial charge on any atom is -0.0826 e. The van der Waals surface area contributed by atoms with Gasteiger partial charge in [-0.3, -0.25) is 0 Å². The molecule has 0 aromatic heterocycles. The van der Waals surface area contributed by atoms with Crippen molar-refractivity contribution in [2.45, 2.75) is 19.8 Å². The van der Waals surface area contributed by atoms with Crippen molar-refractivity contribution >= 4 is 34.8 Å². The van der Waals surface area contributed by atoms with Crippen LogP contribution in [0.25, 0.3) is 0 Å². The molecule has 0 aliphatic carbocycles. The molecule has 1 aromatic carbocycles. The summed E-state index contributed by atoms with van der Waals surface area (Å²) in [6.07, 6.45) is 0. The first kappa shape index (κ1) is 10.2. The Balaban J connectivity index is 3.21. The van der Waals surface area contributed by atoms with Crippen molar-refractivity contribution in [2.24, 2.45) is 0 Å².